The third kappa shape index (κ3) is 4.11. The van der Waals surface area contributed by atoms with Crippen molar-refractivity contribution in [1.82, 2.24) is 19.4 Å². The van der Waals surface area contributed by atoms with Gasteiger partial charge in [-0.2, -0.15) is 0 Å². The van der Waals surface area contributed by atoms with Crippen molar-refractivity contribution in [1.29, 1.82) is 0 Å². The molecule has 1 saturated heterocycles. The Balaban J connectivity index is 1.52. The summed E-state index contributed by atoms with van der Waals surface area (Å²) in [5.74, 6) is 1.04. The molecule has 1 atom stereocenters. The van der Waals surface area contributed by atoms with Gasteiger partial charge >= 0.3 is 0 Å². The Kier molecular flexibility index (Phi) is 6.09. The largest absolute Gasteiger partial charge is 0.339 e. The van der Waals surface area contributed by atoms with Gasteiger partial charge in [0.05, 0.1) is 16.8 Å². The third-order valence-electron chi connectivity index (χ3n) is 6.49. The molecule has 0 bridgehead atoms. The molecule has 168 valence electrons. The molecule has 1 aliphatic heterocycles. The van der Waals surface area contributed by atoms with Gasteiger partial charge in [0, 0.05) is 31.1 Å². The number of thioether (sulfide) groups is 1. The number of para-hydroxylation sites is 1. The molecule has 6 nitrogen and oxygen atoms in total. The molecule has 1 amide bonds. The highest BCUT2D eigenvalue weighted by Gasteiger charge is 2.26. The smallest absolute Gasteiger partial charge is 0.267 e. The number of piperazine rings is 1. The Labute approximate surface area is 196 Å². The molecule has 1 unspecified atom stereocenters. The Morgan fingerprint density at radius 3 is 2.69 bits per heavy atom. The van der Waals surface area contributed by atoms with Crippen molar-refractivity contribution in [3.05, 3.63) is 51.1 Å². The lowest BCUT2D eigenvalue weighted by atomic mass is 9.89. The predicted molar refractivity (Wildman–Crippen MR) is 131 cm³/mol. The maximum absolute atomic E-state index is 13.8. The zero-order chi connectivity index (χ0) is 22.2. The maximum Gasteiger partial charge on any atom is 0.267 e. The molecule has 2 aliphatic rings. The Bertz CT molecular complexity index is 1200. The molecule has 3 aromatic rings. The summed E-state index contributed by atoms with van der Waals surface area (Å²) in [6.45, 7) is 5.57. The van der Waals surface area contributed by atoms with Crippen LogP contribution in [-0.4, -0.2) is 64.2 Å². The zero-order valence-electron chi connectivity index (χ0n) is 18.5. The van der Waals surface area contributed by atoms with E-state index in [2.05, 4.69) is 18.9 Å². The number of rotatable bonds is 4. The molecule has 1 fully saturated rings. The van der Waals surface area contributed by atoms with Crippen LogP contribution in [-0.2, 0) is 17.6 Å². The monoisotopic (exact) mass is 468 g/mol. The quantitative estimate of drug-likeness (QED) is 0.434. The van der Waals surface area contributed by atoms with Crippen molar-refractivity contribution in [2.75, 3.05) is 39.0 Å². The molecule has 2 aromatic heterocycles. The second-order valence-electron chi connectivity index (χ2n) is 8.88. The number of aromatic nitrogens is 2. The van der Waals surface area contributed by atoms with E-state index in [1.807, 2.05) is 35.2 Å². The number of hydrogen-bond donors (Lipinski definition) is 0. The number of fused-ring (bicyclic) bond motifs is 3. The van der Waals surface area contributed by atoms with Gasteiger partial charge < -0.3 is 9.80 Å². The molecular weight excluding hydrogens is 440 g/mol. The van der Waals surface area contributed by atoms with Crippen molar-refractivity contribution in [2.24, 2.45) is 5.92 Å². The van der Waals surface area contributed by atoms with Crippen LogP contribution < -0.4 is 5.56 Å². The summed E-state index contributed by atoms with van der Waals surface area (Å²) in [6.07, 6.45) is 3.07. The van der Waals surface area contributed by atoms with E-state index in [-0.39, 0.29) is 17.2 Å². The second-order valence-corrected chi connectivity index (χ2v) is 10.9. The fraction of sp³-hybridized carbons (Fsp3) is 0.458. The highest BCUT2D eigenvalue weighted by Crippen LogP contribution is 2.37. The molecule has 32 heavy (non-hydrogen) atoms. The molecule has 0 saturated carbocycles. The van der Waals surface area contributed by atoms with Gasteiger partial charge in [-0.15, -0.1) is 11.3 Å². The van der Waals surface area contributed by atoms with Crippen LogP contribution in [0.15, 0.2) is 40.3 Å². The van der Waals surface area contributed by atoms with E-state index < -0.39 is 0 Å². The minimum absolute atomic E-state index is 0.0113. The summed E-state index contributed by atoms with van der Waals surface area (Å²) in [4.78, 5) is 37.8. The number of hydrogen-bond acceptors (Lipinski definition) is 6. The van der Waals surface area contributed by atoms with Crippen LogP contribution in [0.4, 0.5) is 0 Å². The van der Waals surface area contributed by atoms with Crippen LogP contribution in [0.5, 0.6) is 0 Å². The van der Waals surface area contributed by atoms with E-state index in [0.29, 0.717) is 11.1 Å². The van der Waals surface area contributed by atoms with Gasteiger partial charge in [-0.3, -0.25) is 14.2 Å². The van der Waals surface area contributed by atoms with Gasteiger partial charge in [-0.1, -0.05) is 36.9 Å². The number of likely N-dealkylation sites (N-methyl/N-ethyl adjacent to an activating group) is 1. The Morgan fingerprint density at radius 2 is 1.94 bits per heavy atom. The molecule has 3 heterocycles. The van der Waals surface area contributed by atoms with Gasteiger partial charge in [-0.05, 0) is 49.9 Å². The third-order valence-corrected chi connectivity index (χ3v) is 8.57. The lowest BCUT2D eigenvalue weighted by molar-refractivity contribution is -0.129. The Hall–Kier alpha value is -2.16. The fourth-order valence-electron chi connectivity index (χ4n) is 4.55. The van der Waals surface area contributed by atoms with Gasteiger partial charge in [0.1, 0.15) is 4.83 Å². The molecular formula is C24H28N4O2S2. The lowest BCUT2D eigenvalue weighted by Gasteiger charge is -2.32. The fourth-order valence-corrected chi connectivity index (χ4v) is 6.89. The first-order valence-corrected chi connectivity index (χ1v) is 13.0. The van der Waals surface area contributed by atoms with Crippen LogP contribution in [0.25, 0.3) is 15.9 Å². The number of carbonyl (C=O) groups is 1. The molecule has 0 spiro atoms. The average Bonchev–Trinajstić information content (AvgIpc) is 3.16. The SMILES string of the molecule is CC1CCc2c(sc3nc(SCC(=O)N4CCN(C)CC4)n(-c4ccccc4)c(=O)c23)C1. The Morgan fingerprint density at radius 1 is 1.19 bits per heavy atom. The maximum atomic E-state index is 13.8. The summed E-state index contributed by atoms with van der Waals surface area (Å²) in [5.41, 5.74) is 1.98. The summed E-state index contributed by atoms with van der Waals surface area (Å²) >= 11 is 3.03. The molecule has 0 radical (unpaired) electrons. The zero-order valence-corrected chi connectivity index (χ0v) is 20.2. The van der Waals surface area contributed by atoms with Crippen molar-refractivity contribution in [3.8, 4) is 5.69 Å². The van der Waals surface area contributed by atoms with E-state index in [0.717, 1.165) is 61.3 Å². The molecule has 5 rings (SSSR count). The van der Waals surface area contributed by atoms with Gasteiger partial charge in [0.2, 0.25) is 5.91 Å². The van der Waals surface area contributed by atoms with E-state index in [4.69, 9.17) is 4.98 Å². The topological polar surface area (TPSA) is 58.4 Å². The van der Waals surface area contributed by atoms with Gasteiger partial charge in [-0.25, -0.2) is 4.98 Å². The highest BCUT2D eigenvalue weighted by atomic mass is 32.2. The number of thiophene rings is 1. The van der Waals surface area contributed by atoms with E-state index >= 15 is 0 Å². The van der Waals surface area contributed by atoms with Gasteiger partial charge in [0.15, 0.2) is 5.16 Å². The first-order valence-electron chi connectivity index (χ1n) is 11.2. The summed E-state index contributed by atoms with van der Waals surface area (Å²) in [7, 11) is 2.08. The van der Waals surface area contributed by atoms with Crippen molar-refractivity contribution >= 4 is 39.2 Å². The van der Waals surface area contributed by atoms with E-state index in [9.17, 15) is 9.59 Å². The minimum Gasteiger partial charge on any atom is -0.339 e. The van der Waals surface area contributed by atoms with Crippen molar-refractivity contribution in [3.63, 3.8) is 0 Å². The number of amides is 1. The standard InChI is InChI=1S/C24H28N4O2S2/c1-16-8-9-18-19(14-16)32-22-21(18)23(30)28(17-6-4-3-5-7-17)24(25-22)31-15-20(29)27-12-10-26(2)11-13-27/h3-7,16H,8-15H2,1-2H3. The number of benzene rings is 1. The summed E-state index contributed by atoms with van der Waals surface area (Å²) in [5, 5.41) is 1.37. The minimum atomic E-state index is -0.0113. The lowest BCUT2D eigenvalue weighted by Crippen LogP contribution is -2.47. The van der Waals surface area contributed by atoms with Crippen LogP contribution in [0, 0.1) is 5.92 Å². The molecule has 1 aromatic carbocycles. The van der Waals surface area contributed by atoms with E-state index in [1.165, 1.54) is 22.2 Å². The number of aryl methyl sites for hydroxylation is 1. The highest BCUT2D eigenvalue weighted by molar-refractivity contribution is 7.99. The van der Waals surface area contributed by atoms with Crippen LogP contribution in [0.2, 0.25) is 0 Å². The first kappa shape index (κ1) is 21.7. The first-order chi connectivity index (χ1) is 15.5. The number of nitrogens with zero attached hydrogens (tertiary/aromatic N) is 4. The van der Waals surface area contributed by atoms with Crippen molar-refractivity contribution in [2.45, 2.75) is 31.3 Å². The molecule has 1 aliphatic carbocycles. The molecule has 0 N–H and O–H groups in total. The number of carbonyl (C=O) groups excluding carboxylic acids is 1. The van der Waals surface area contributed by atoms with Crippen LogP contribution in [0.3, 0.4) is 0 Å². The van der Waals surface area contributed by atoms with Crippen molar-refractivity contribution < 1.29 is 4.79 Å². The summed E-state index contributed by atoms with van der Waals surface area (Å²) in [6, 6.07) is 9.67. The second kappa shape index (κ2) is 9.00. The normalized spacial score (nSPS) is 19.3. The van der Waals surface area contributed by atoms with E-state index in [1.54, 1.807) is 15.9 Å². The predicted octanol–water partition coefficient (Wildman–Crippen LogP) is 3.44. The van der Waals surface area contributed by atoms with Crippen LogP contribution >= 0.6 is 23.1 Å². The van der Waals surface area contributed by atoms with Crippen LogP contribution in [0.1, 0.15) is 23.8 Å². The molecule has 8 heteroatoms. The van der Waals surface area contributed by atoms with Gasteiger partial charge in [0.25, 0.3) is 5.56 Å². The average molecular weight is 469 g/mol. The summed E-state index contributed by atoms with van der Waals surface area (Å²) < 4.78 is 1.70.